The summed E-state index contributed by atoms with van der Waals surface area (Å²) in [6, 6.07) is 0.196. The molecule has 18 heavy (non-hydrogen) atoms. The largest absolute Gasteiger partial charge is 0.328 e. The smallest absolute Gasteiger partial charge is 0.320 e. The summed E-state index contributed by atoms with van der Waals surface area (Å²) in [6.07, 6.45) is 9.39. The Labute approximate surface area is 110 Å². The molecule has 0 aromatic heterocycles. The Morgan fingerprint density at radius 3 is 2.22 bits per heavy atom. The first kappa shape index (κ1) is 13.7. The minimum Gasteiger partial charge on any atom is -0.328 e. The zero-order valence-corrected chi connectivity index (χ0v) is 11.7. The third kappa shape index (κ3) is 2.63. The lowest BCUT2D eigenvalue weighted by Gasteiger charge is -2.46. The van der Waals surface area contributed by atoms with Crippen LogP contribution in [0.3, 0.4) is 0 Å². The molecule has 2 fully saturated rings. The van der Waals surface area contributed by atoms with E-state index in [1.807, 2.05) is 16.8 Å². The molecule has 1 aliphatic carbocycles. The van der Waals surface area contributed by atoms with Crippen LogP contribution in [0.15, 0.2) is 0 Å². The van der Waals surface area contributed by atoms with E-state index in [1.54, 1.807) is 0 Å². The van der Waals surface area contributed by atoms with Crippen LogP contribution in [0.5, 0.6) is 0 Å². The van der Waals surface area contributed by atoms with Gasteiger partial charge in [-0.15, -0.1) is 0 Å². The third-order valence-corrected chi connectivity index (χ3v) is 4.79. The molecule has 104 valence electrons. The van der Waals surface area contributed by atoms with Crippen molar-refractivity contribution in [3.8, 4) is 0 Å². The first-order valence-electron chi connectivity index (χ1n) is 7.42. The highest BCUT2D eigenvalue weighted by Crippen LogP contribution is 2.33. The van der Waals surface area contributed by atoms with Crippen molar-refractivity contribution >= 4 is 6.03 Å². The van der Waals surface area contributed by atoms with Crippen molar-refractivity contribution < 1.29 is 4.79 Å². The molecule has 1 aliphatic heterocycles. The molecule has 0 unspecified atom stereocenters. The Morgan fingerprint density at radius 1 is 1.11 bits per heavy atom. The molecular formula is C14H27N3O. The minimum absolute atomic E-state index is 0.0766. The van der Waals surface area contributed by atoms with Crippen molar-refractivity contribution in [1.29, 1.82) is 0 Å². The highest BCUT2D eigenvalue weighted by Gasteiger charge is 2.38. The summed E-state index contributed by atoms with van der Waals surface area (Å²) in [4.78, 5) is 16.5. The zero-order valence-electron chi connectivity index (χ0n) is 11.7. The van der Waals surface area contributed by atoms with Gasteiger partial charge in [0.15, 0.2) is 0 Å². The van der Waals surface area contributed by atoms with Gasteiger partial charge in [-0.05, 0) is 32.1 Å². The van der Waals surface area contributed by atoms with Crippen molar-refractivity contribution in [2.45, 2.75) is 56.9 Å². The fourth-order valence-electron chi connectivity index (χ4n) is 3.39. The monoisotopic (exact) mass is 253 g/mol. The molecule has 2 rings (SSSR count). The number of rotatable bonds is 2. The lowest BCUT2D eigenvalue weighted by Crippen LogP contribution is -2.59. The van der Waals surface area contributed by atoms with E-state index in [0.717, 1.165) is 38.8 Å². The topological polar surface area (TPSA) is 49.6 Å². The van der Waals surface area contributed by atoms with Crippen LogP contribution in [0.2, 0.25) is 0 Å². The van der Waals surface area contributed by atoms with E-state index in [4.69, 9.17) is 5.73 Å². The van der Waals surface area contributed by atoms with Crippen LogP contribution >= 0.6 is 0 Å². The Morgan fingerprint density at radius 2 is 1.67 bits per heavy atom. The van der Waals surface area contributed by atoms with E-state index < -0.39 is 0 Å². The third-order valence-electron chi connectivity index (χ3n) is 4.79. The van der Waals surface area contributed by atoms with E-state index in [1.165, 1.54) is 25.7 Å². The summed E-state index contributed by atoms with van der Waals surface area (Å²) in [5, 5.41) is 0. The number of hydrogen-bond acceptors (Lipinski definition) is 2. The summed E-state index contributed by atoms with van der Waals surface area (Å²) < 4.78 is 0. The molecular weight excluding hydrogens is 226 g/mol. The fraction of sp³-hybridized carbons (Fsp3) is 0.929. The van der Waals surface area contributed by atoms with Gasteiger partial charge in [0.05, 0.1) is 5.54 Å². The maximum atomic E-state index is 12.6. The number of carbonyl (C=O) groups is 1. The van der Waals surface area contributed by atoms with Gasteiger partial charge in [0.25, 0.3) is 0 Å². The van der Waals surface area contributed by atoms with E-state index >= 15 is 0 Å². The predicted octanol–water partition coefficient (Wildman–Crippen LogP) is 2.19. The van der Waals surface area contributed by atoms with Crippen molar-refractivity contribution in [3.63, 3.8) is 0 Å². The predicted molar refractivity (Wildman–Crippen MR) is 73.5 cm³/mol. The van der Waals surface area contributed by atoms with Gasteiger partial charge >= 0.3 is 6.03 Å². The second kappa shape index (κ2) is 5.91. The second-order valence-corrected chi connectivity index (χ2v) is 5.88. The molecule has 1 saturated carbocycles. The van der Waals surface area contributed by atoms with Gasteiger partial charge in [0.1, 0.15) is 0 Å². The molecule has 1 heterocycles. The van der Waals surface area contributed by atoms with Crippen LogP contribution in [0.4, 0.5) is 4.79 Å². The standard InChI is InChI=1S/C14H27N3O/c1-16(13(18)17-10-6-3-7-11-17)14(12-15)8-4-2-5-9-14/h2-12,15H2,1H3. The number of amides is 2. The van der Waals surface area contributed by atoms with Gasteiger partial charge < -0.3 is 15.5 Å². The minimum atomic E-state index is -0.0766. The van der Waals surface area contributed by atoms with E-state index in [2.05, 4.69) is 0 Å². The van der Waals surface area contributed by atoms with Gasteiger partial charge in [-0.25, -0.2) is 4.79 Å². The molecule has 0 atom stereocenters. The first-order chi connectivity index (χ1) is 8.69. The molecule has 0 radical (unpaired) electrons. The summed E-state index contributed by atoms with van der Waals surface area (Å²) in [6.45, 7) is 2.44. The number of hydrogen-bond donors (Lipinski definition) is 1. The van der Waals surface area contributed by atoms with Crippen molar-refractivity contribution in [2.75, 3.05) is 26.7 Å². The quantitative estimate of drug-likeness (QED) is 0.820. The lowest BCUT2D eigenvalue weighted by molar-refractivity contribution is 0.0759. The van der Waals surface area contributed by atoms with E-state index in [0.29, 0.717) is 6.54 Å². The molecule has 4 heteroatoms. The van der Waals surface area contributed by atoms with Gasteiger partial charge in [-0.1, -0.05) is 19.3 Å². The van der Waals surface area contributed by atoms with Crippen LogP contribution in [-0.4, -0.2) is 48.1 Å². The number of likely N-dealkylation sites (N-methyl/N-ethyl adjacent to an activating group) is 1. The molecule has 0 bridgehead atoms. The molecule has 0 aromatic carbocycles. The molecule has 0 spiro atoms. The number of nitrogens with two attached hydrogens (primary N) is 1. The highest BCUT2D eigenvalue weighted by molar-refractivity contribution is 5.75. The maximum Gasteiger partial charge on any atom is 0.320 e. The molecule has 2 N–H and O–H groups in total. The number of likely N-dealkylation sites (tertiary alicyclic amines) is 1. The van der Waals surface area contributed by atoms with Crippen LogP contribution in [0, 0.1) is 0 Å². The summed E-state index contributed by atoms with van der Waals surface area (Å²) in [5.41, 5.74) is 5.92. The number of piperidine rings is 1. The average molecular weight is 253 g/mol. The normalized spacial score (nSPS) is 23.8. The van der Waals surface area contributed by atoms with Crippen molar-refractivity contribution in [3.05, 3.63) is 0 Å². The average Bonchev–Trinajstić information content (AvgIpc) is 2.47. The Bertz CT molecular complexity index is 281. The van der Waals surface area contributed by atoms with Gasteiger partial charge in [-0.3, -0.25) is 0 Å². The van der Waals surface area contributed by atoms with Crippen molar-refractivity contribution in [1.82, 2.24) is 9.80 Å². The Hall–Kier alpha value is -0.770. The number of carbonyl (C=O) groups excluding carboxylic acids is 1. The van der Waals surface area contributed by atoms with Crippen LogP contribution < -0.4 is 5.73 Å². The fourth-order valence-corrected chi connectivity index (χ4v) is 3.39. The number of urea groups is 1. The lowest BCUT2D eigenvalue weighted by atomic mass is 9.80. The molecule has 2 amide bonds. The molecule has 0 aromatic rings. The molecule has 1 saturated heterocycles. The SMILES string of the molecule is CN(C(=O)N1CCCCC1)C1(CN)CCCCC1. The first-order valence-corrected chi connectivity index (χ1v) is 7.42. The number of nitrogens with zero attached hydrogens (tertiary/aromatic N) is 2. The highest BCUT2D eigenvalue weighted by atomic mass is 16.2. The van der Waals surface area contributed by atoms with E-state index in [9.17, 15) is 4.79 Å². The maximum absolute atomic E-state index is 12.6. The van der Waals surface area contributed by atoms with Gasteiger partial charge in [0, 0.05) is 26.7 Å². The zero-order chi connectivity index (χ0) is 13.0. The van der Waals surface area contributed by atoms with Crippen LogP contribution in [0.1, 0.15) is 51.4 Å². The van der Waals surface area contributed by atoms with E-state index in [-0.39, 0.29) is 11.6 Å². The molecule has 2 aliphatic rings. The second-order valence-electron chi connectivity index (χ2n) is 5.88. The van der Waals surface area contributed by atoms with Gasteiger partial charge in [0.2, 0.25) is 0 Å². The Balaban J connectivity index is 2.03. The summed E-state index contributed by atoms with van der Waals surface area (Å²) in [7, 11) is 1.95. The Kier molecular flexibility index (Phi) is 4.49. The molecule has 4 nitrogen and oxygen atoms in total. The van der Waals surface area contributed by atoms with Crippen molar-refractivity contribution in [2.24, 2.45) is 5.73 Å². The summed E-state index contributed by atoms with van der Waals surface area (Å²) in [5.74, 6) is 0. The van der Waals surface area contributed by atoms with Gasteiger partial charge in [-0.2, -0.15) is 0 Å². The van der Waals surface area contributed by atoms with Crippen LogP contribution in [0.25, 0.3) is 0 Å². The van der Waals surface area contributed by atoms with Crippen LogP contribution in [-0.2, 0) is 0 Å². The summed E-state index contributed by atoms with van der Waals surface area (Å²) >= 11 is 0.